The van der Waals surface area contributed by atoms with Crippen LogP contribution in [0.2, 0.25) is 0 Å². The highest BCUT2D eigenvalue weighted by molar-refractivity contribution is 5.82. The zero-order valence-electron chi connectivity index (χ0n) is 9.01. The summed E-state index contributed by atoms with van der Waals surface area (Å²) in [7, 11) is 0. The topological polar surface area (TPSA) is 72.2 Å². The summed E-state index contributed by atoms with van der Waals surface area (Å²) in [5, 5.41) is 2.85. The average molecular weight is 200 g/mol. The lowest BCUT2D eigenvalue weighted by Gasteiger charge is -2.13. The number of Topliss-reactive ketones (excluding diaryl/α,β-unsaturated/α-hetero) is 1. The van der Waals surface area contributed by atoms with Crippen LogP contribution in [-0.4, -0.2) is 24.3 Å². The van der Waals surface area contributed by atoms with Gasteiger partial charge in [-0.2, -0.15) is 0 Å². The van der Waals surface area contributed by atoms with Crippen LogP contribution in [0.25, 0.3) is 0 Å². The largest absolute Gasteiger partial charge is 0.368 e. The first kappa shape index (κ1) is 13.1. The van der Waals surface area contributed by atoms with Gasteiger partial charge in [0.05, 0.1) is 12.6 Å². The van der Waals surface area contributed by atoms with Crippen LogP contribution < -0.4 is 11.1 Å². The van der Waals surface area contributed by atoms with Crippen molar-refractivity contribution in [3.05, 3.63) is 0 Å². The van der Waals surface area contributed by atoms with Crippen LogP contribution in [0, 0.1) is 0 Å². The van der Waals surface area contributed by atoms with Gasteiger partial charge in [0, 0.05) is 0 Å². The van der Waals surface area contributed by atoms with Gasteiger partial charge in [-0.1, -0.05) is 26.2 Å². The molecule has 0 saturated carbocycles. The Kier molecular flexibility index (Phi) is 7.02. The Morgan fingerprint density at radius 1 is 1.36 bits per heavy atom. The van der Waals surface area contributed by atoms with Crippen molar-refractivity contribution < 1.29 is 9.59 Å². The number of amides is 1. The zero-order chi connectivity index (χ0) is 11.0. The van der Waals surface area contributed by atoms with Gasteiger partial charge in [-0.15, -0.1) is 0 Å². The molecule has 0 fully saturated rings. The minimum atomic E-state index is -0.373. The van der Waals surface area contributed by atoms with E-state index in [9.17, 15) is 9.59 Å². The highest BCUT2D eigenvalue weighted by atomic mass is 16.1. The Labute approximate surface area is 85.2 Å². The summed E-state index contributed by atoms with van der Waals surface area (Å²) in [5.41, 5.74) is 5.19. The number of carbonyl (C=O) groups excluding carboxylic acids is 2. The van der Waals surface area contributed by atoms with Gasteiger partial charge in [0.25, 0.3) is 0 Å². The highest BCUT2D eigenvalue weighted by Gasteiger charge is 2.13. The molecule has 1 amide bonds. The van der Waals surface area contributed by atoms with E-state index in [4.69, 9.17) is 5.73 Å². The van der Waals surface area contributed by atoms with E-state index in [1.165, 1.54) is 6.92 Å². The molecule has 0 aliphatic carbocycles. The van der Waals surface area contributed by atoms with E-state index in [2.05, 4.69) is 12.2 Å². The summed E-state index contributed by atoms with van der Waals surface area (Å²) < 4.78 is 0. The third-order valence-corrected chi connectivity index (χ3v) is 2.04. The van der Waals surface area contributed by atoms with Crippen molar-refractivity contribution >= 4 is 11.7 Å². The lowest BCUT2D eigenvalue weighted by atomic mass is 10.1. The molecular formula is C10H20N2O2. The van der Waals surface area contributed by atoms with Gasteiger partial charge in [-0.25, -0.2) is 0 Å². The number of nitrogens with one attached hydrogen (secondary N) is 1. The van der Waals surface area contributed by atoms with Crippen molar-refractivity contribution in [1.82, 2.24) is 5.32 Å². The fraction of sp³-hybridized carbons (Fsp3) is 0.800. The molecule has 0 aliphatic heterocycles. The van der Waals surface area contributed by atoms with Crippen molar-refractivity contribution in [3.8, 4) is 0 Å². The number of hydrogen-bond donors (Lipinski definition) is 2. The molecule has 0 saturated heterocycles. The molecule has 0 spiro atoms. The van der Waals surface area contributed by atoms with Crippen LogP contribution in [0.5, 0.6) is 0 Å². The molecule has 1 atom stereocenters. The van der Waals surface area contributed by atoms with E-state index in [0.717, 1.165) is 25.7 Å². The zero-order valence-corrected chi connectivity index (χ0v) is 9.01. The quantitative estimate of drug-likeness (QED) is 0.563. The summed E-state index contributed by atoms with van der Waals surface area (Å²) in [6.45, 7) is 3.80. The second kappa shape index (κ2) is 7.50. The van der Waals surface area contributed by atoms with E-state index in [-0.39, 0.29) is 24.3 Å². The van der Waals surface area contributed by atoms with E-state index >= 15 is 0 Å². The molecule has 14 heavy (non-hydrogen) atoms. The number of nitrogens with two attached hydrogens (primary N) is 1. The second-order valence-electron chi connectivity index (χ2n) is 3.53. The minimum absolute atomic E-state index is 0.0201. The van der Waals surface area contributed by atoms with Crippen LogP contribution in [0.15, 0.2) is 0 Å². The SMILES string of the molecule is CCCCC[C@H](NCC(C)=O)C(N)=O. The summed E-state index contributed by atoms with van der Waals surface area (Å²) in [4.78, 5) is 21.6. The number of rotatable bonds is 8. The summed E-state index contributed by atoms with van der Waals surface area (Å²) in [6, 6.07) is -0.356. The lowest BCUT2D eigenvalue weighted by molar-refractivity contribution is -0.120. The van der Waals surface area contributed by atoms with Crippen LogP contribution in [0.4, 0.5) is 0 Å². The summed E-state index contributed by atoms with van der Waals surface area (Å²) >= 11 is 0. The molecule has 0 aromatic carbocycles. The first-order chi connectivity index (χ1) is 6.57. The van der Waals surface area contributed by atoms with E-state index in [0.29, 0.717) is 0 Å². The molecule has 82 valence electrons. The molecule has 4 nitrogen and oxygen atoms in total. The fourth-order valence-corrected chi connectivity index (χ4v) is 1.21. The average Bonchev–Trinajstić information content (AvgIpc) is 2.10. The standard InChI is InChI=1S/C10H20N2O2/c1-3-4-5-6-9(10(11)14)12-7-8(2)13/h9,12H,3-7H2,1-2H3,(H2,11,14)/t9-/m0/s1. The first-order valence-corrected chi connectivity index (χ1v) is 5.10. The van der Waals surface area contributed by atoms with Crippen LogP contribution in [0.1, 0.15) is 39.5 Å². The third-order valence-electron chi connectivity index (χ3n) is 2.04. The van der Waals surface area contributed by atoms with Crippen LogP contribution >= 0.6 is 0 Å². The minimum Gasteiger partial charge on any atom is -0.368 e. The normalized spacial score (nSPS) is 12.4. The maximum absolute atomic E-state index is 11.0. The van der Waals surface area contributed by atoms with Crippen molar-refractivity contribution in [1.29, 1.82) is 0 Å². The Morgan fingerprint density at radius 3 is 2.43 bits per heavy atom. The number of carbonyl (C=O) groups is 2. The van der Waals surface area contributed by atoms with Gasteiger partial charge >= 0.3 is 0 Å². The number of primary amides is 1. The molecule has 0 rings (SSSR count). The molecule has 3 N–H and O–H groups in total. The van der Waals surface area contributed by atoms with E-state index in [1.54, 1.807) is 0 Å². The lowest BCUT2D eigenvalue weighted by Crippen LogP contribution is -2.43. The molecule has 0 heterocycles. The molecular weight excluding hydrogens is 180 g/mol. The Morgan fingerprint density at radius 2 is 2.00 bits per heavy atom. The maximum Gasteiger partial charge on any atom is 0.234 e. The molecule has 4 heteroatoms. The number of hydrogen-bond acceptors (Lipinski definition) is 3. The molecule has 0 aromatic rings. The Hall–Kier alpha value is -0.900. The fourth-order valence-electron chi connectivity index (χ4n) is 1.21. The van der Waals surface area contributed by atoms with Crippen LogP contribution in [0.3, 0.4) is 0 Å². The van der Waals surface area contributed by atoms with Gasteiger partial charge < -0.3 is 5.73 Å². The monoisotopic (exact) mass is 200 g/mol. The molecule has 0 aliphatic rings. The summed E-state index contributed by atoms with van der Waals surface area (Å²) in [6.07, 6.45) is 3.88. The Balaban J connectivity index is 3.78. The van der Waals surface area contributed by atoms with E-state index < -0.39 is 0 Å². The van der Waals surface area contributed by atoms with Gasteiger partial charge in [0.1, 0.15) is 5.78 Å². The first-order valence-electron chi connectivity index (χ1n) is 5.10. The molecule has 0 aromatic heterocycles. The van der Waals surface area contributed by atoms with Gasteiger partial charge in [0.2, 0.25) is 5.91 Å². The van der Waals surface area contributed by atoms with Gasteiger partial charge in [0.15, 0.2) is 0 Å². The Bertz CT molecular complexity index is 193. The van der Waals surface area contributed by atoms with Gasteiger partial charge in [-0.3, -0.25) is 14.9 Å². The van der Waals surface area contributed by atoms with Gasteiger partial charge in [-0.05, 0) is 13.3 Å². The third kappa shape index (κ3) is 6.60. The molecule has 0 radical (unpaired) electrons. The smallest absolute Gasteiger partial charge is 0.234 e. The van der Waals surface area contributed by atoms with Crippen molar-refractivity contribution in [2.45, 2.75) is 45.6 Å². The highest BCUT2D eigenvalue weighted by Crippen LogP contribution is 2.02. The molecule has 0 bridgehead atoms. The predicted molar refractivity (Wildman–Crippen MR) is 55.8 cm³/mol. The number of unbranched alkanes of at least 4 members (excludes halogenated alkanes) is 2. The number of ketones is 1. The summed E-state index contributed by atoms with van der Waals surface area (Å²) in [5.74, 6) is -0.353. The molecule has 0 unspecified atom stereocenters. The second-order valence-corrected chi connectivity index (χ2v) is 3.53. The van der Waals surface area contributed by atoms with Crippen molar-refractivity contribution in [2.24, 2.45) is 5.73 Å². The van der Waals surface area contributed by atoms with Crippen molar-refractivity contribution in [3.63, 3.8) is 0 Å². The van der Waals surface area contributed by atoms with Crippen molar-refractivity contribution in [2.75, 3.05) is 6.54 Å². The van der Waals surface area contributed by atoms with E-state index in [1.807, 2.05) is 0 Å². The maximum atomic E-state index is 11.0. The predicted octanol–water partition coefficient (Wildman–Crippen LogP) is 0.599. The van der Waals surface area contributed by atoms with Crippen LogP contribution in [-0.2, 0) is 9.59 Å².